The highest BCUT2D eigenvalue weighted by atomic mass is 79.9. The number of carbonyl (C=O) groups is 1. The van der Waals surface area contributed by atoms with E-state index in [1.165, 1.54) is 5.56 Å². The molecule has 1 heterocycles. The summed E-state index contributed by atoms with van der Waals surface area (Å²) in [5.41, 5.74) is 2.00. The lowest BCUT2D eigenvalue weighted by atomic mass is 10.2. The third kappa shape index (κ3) is 4.74. The Balaban J connectivity index is 0.00000200. The number of amides is 1. The van der Waals surface area contributed by atoms with Gasteiger partial charge in [-0.1, -0.05) is 6.07 Å². The lowest BCUT2D eigenvalue weighted by Gasteiger charge is -2.16. The normalized spacial score (nSPS) is 18.6. The van der Waals surface area contributed by atoms with Crippen LogP contribution in [0.2, 0.25) is 0 Å². The van der Waals surface area contributed by atoms with Crippen LogP contribution in [0.4, 0.5) is 5.69 Å². The van der Waals surface area contributed by atoms with Crippen LogP contribution < -0.4 is 10.6 Å². The molecule has 1 aliphatic heterocycles. The van der Waals surface area contributed by atoms with Crippen LogP contribution in [0.5, 0.6) is 0 Å². The van der Waals surface area contributed by atoms with Crippen molar-refractivity contribution in [2.24, 2.45) is 0 Å². The number of hydrogen-bond acceptors (Lipinski definition) is 3. The van der Waals surface area contributed by atoms with Crippen molar-refractivity contribution in [3.8, 4) is 0 Å². The van der Waals surface area contributed by atoms with Crippen molar-refractivity contribution in [2.75, 3.05) is 32.0 Å². The molecule has 112 valence electrons. The first-order chi connectivity index (χ1) is 9.08. The number of hydrogen-bond donors (Lipinski definition) is 2. The summed E-state index contributed by atoms with van der Waals surface area (Å²) in [6.45, 7) is 4.41. The zero-order valence-corrected chi connectivity index (χ0v) is 14.2. The van der Waals surface area contributed by atoms with Crippen LogP contribution in [0.25, 0.3) is 0 Å². The van der Waals surface area contributed by atoms with Gasteiger partial charge in [0.15, 0.2) is 0 Å². The number of nitrogens with one attached hydrogen (secondary N) is 2. The first-order valence-corrected chi connectivity index (χ1v) is 7.33. The molecule has 0 aliphatic carbocycles. The molecule has 0 spiro atoms. The van der Waals surface area contributed by atoms with Gasteiger partial charge in [-0.15, -0.1) is 12.4 Å². The van der Waals surface area contributed by atoms with E-state index in [-0.39, 0.29) is 18.3 Å². The number of benzene rings is 1. The summed E-state index contributed by atoms with van der Waals surface area (Å²) in [7, 11) is 1.97. The maximum absolute atomic E-state index is 12.0. The molecule has 0 saturated carbocycles. The van der Waals surface area contributed by atoms with Gasteiger partial charge < -0.3 is 10.6 Å². The molecule has 0 aromatic heterocycles. The summed E-state index contributed by atoms with van der Waals surface area (Å²) >= 11 is 3.47. The van der Waals surface area contributed by atoms with Crippen LogP contribution in [0.1, 0.15) is 12.0 Å². The second kappa shape index (κ2) is 7.98. The predicted molar refractivity (Wildman–Crippen MR) is 88.7 cm³/mol. The van der Waals surface area contributed by atoms with Gasteiger partial charge in [0, 0.05) is 23.6 Å². The van der Waals surface area contributed by atoms with Crippen molar-refractivity contribution in [3.63, 3.8) is 0 Å². The minimum absolute atomic E-state index is 0. The Morgan fingerprint density at radius 3 is 2.85 bits per heavy atom. The fraction of sp³-hybridized carbons (Fsp3) is 0.500. The van der Waals surface area contributed by atoms with Crippen LogP contribution >= 0.6 is 28.3 Å². The molecule has 1 aromatic carbocycles. The molecular weight excluding hydrogens is 342 g/mol. The summed E-state index contributed by atoms with van der Waals surface area (Å²) in [4.78, 5) is 14.2. The maximum atomic E-state index is 12.0. The van der Waals surface area contributed by atoms with Gasteiger partial charge in [-0.25, -0.2) is 0 Å². The first kappa shape index (κ1) is 17.4. The number of halogens is 2. The Morgan fingerprint density at radius 1 is 1.50 bits per heavy atom. The predicted octanol–water partition coefficient (Wildman–Crippen LogP) is 2.41. The monoisotopic (exact) mass is 361 g/mol. The topological polar surface area (TPSA) is 44.4 Å². The van der Waals surface area contributed by atoms with E-state index in [0.717, 1.165) is 29.7 Å². The summed E-state index contributed by atoms with van der Waals surface area (Å²) in [6, 6.07) is 6.44. The number of likely N-dealkylation sites (tertiary alicyclic amines) is 1. The van der Waals surface area contributed by atoms with Crippen molar-refractivity contribution in [1.82, 2.24) is 10.2 Å². The highest BCUT2D eigenvalue weighted by Gasteiger charge is 2.22. The second-order valence-corrected chi connectivity index (χ2v) is 5.90. The molecule has 20 heavy (non-hydrogen) atoms. The fourth-order valence-corrected chi connectivity index (χ4v) is 2.92. The van der Waals surface area contributed by atoms with Crippen LogP contribution in [-0.2, 0) is 4.79 Å². The van der Waals surface area contributed by atoms with Crippen LogP contribution in [0, 0.1) is 6.92 Å². The van der Waals surface area contributed by atoms with Gasteiger partial charge in [0.25, 0.3) is 0 Å². The molecule has 1 fully saturated rings. The molecule has 1 atom stereocenters. The van der Waals surface area contributed by atoms with Crippen molar-refractivity contribution in [2.45, 2.75) is 19.4 Å². The Hall–Kier alpha value is -0.620. The van der Waals surface area contributed by atoms with Gasteiger partial charge in [0.2, 0.25) is 5.91 Å². The zero-order chi connectivity index (χ0) is 13.8. The molecule has 1 aliphatic rings. The van der Waals surface area contributed by atoms with Gasteiger partial charge in [-0.2, -0.15) is 0 Å². The molecular formula is C14H21BrClN3O. The minimum Gasteiger partial charge on any atom is -0.324 e. The number of aryl methyl sites for hydroxylation is 1. The lowest BCUT2D eigenvalue weighted by molar-refractivity contribution is -0.117. The van der Waals surface area contributed by atoms with Crippen LogP contribution in [-0.4, -0.2) is 43.5 Å². The molecule has 1 saturated heterocycles. The quantitative estimate of drug-likeness (QED) is 0.864. The average Bonchev–Trinajstić information content (AvgIpc) is 2.80. The van der Waals surface area contributed by atoms with Gasteiger partial charge in [0.1, 0.15) is 0 Å². The summed E-state index contributed by atoms with van der Waals surface area (Å²) in [5, 5.41) is 6.20. The van der Waals surface area contributed by atoms with Gasteiger partial charge >= 0.3 is 0 Å². The summed E-state index contributed by atoms with van der Waals surface area (Å²) in [5.74, 6) is 0.0429. The van der Waals surface area contributed by atoms with E-state index < -0.39 is 0 Å². The molecule has 0 radical (unpaired) electrons. The lowest BCUT2D eigenvalue weighted by Crippen LogP contribution is -2.34. The van der Waals surface area contributed by atoms with Crippen LogP contribution in [0.3, 0.4) is 0 Å². The van der Waals surface area contributed by atoms with Crippen molar-refractivity contribution >= 4 is 39.9 Å². The molecule has 1 amide bonds. The minimum atomic E-state index is 0. The Bertz CT molecular complexity index is 470. The van der Waals surface area contributed by atoms with E-state index >= 15 is 0 Å². The van der Waals surface area contributed by atoms with Gasteiger partial charge in [-0.3, -0.25) is 9.69 Å². The van der Waals surface area contributed by atoms with E-state index in [0.29, 0.717) is 12.6 Å². The zero-order valence-electron chi connectivity index (χ0n) is 11.8. The smallest absolute Gasteiger partial charge is 0.238 e. The molecule has 1 aromatic rings. The molecule has 0 bridgehead atoms. The van der Waals surface area contributed by atoms with Crippen molar-refractivity contribution in [3.05, 3.63) is 28.2 Å². The number of carbonyl (C=O) groups excluding carboxylic acids is 1. The summed E-state index contributed by atoms with van der Waals surface area (Å²) < 4.78 is 0.926. The molecule has 2 rings (SSSR count). The van der Waals surface area contributed by atoms with Gasteiger partial charge in [-0.05, 0) is 54.0 Å². The van der Waals surface area contributed by atoms with E-state index in [4.69, 9.17) is 0 Å². The molecule has 6 heteroatoms. The van der Waals surface area contributed by atoms with Crippen LogP contribution in [0.15, 0.2) is 22.7 Å². The number of rotatable bonds is 4. The van der Waals surface area contributed by atoms with E-state index in [9.17, 15) is 4.79 Å². The van der Waals surface area contributed by atoms with Crippen molar-refractivity contribution < 1.29 is 4.79 Å². The Kier molecular flexibility index (Phi) is 6.95. The first-order valence-electron chi connectivity index (χ1n) is 6.54. The fourth-order valence-electron chi connectivity index (χ4n) is 2.33. The number of likely N-dealkylation sites (N-methyl/N-ethyl adjacent to an activating group) is 1. The number of anilines is 1. The van der Waals surface area contributed by atoms with E-state index in [1.807, 2.05) is 32.2 Å². The third-order valence-electron chi connectivity index (χ3n) is 3.45. The second-order valence-electron chi connectivity index (χ2n) is 5.04. The standard InChI is InChI=1S/C14H20BrN3O.ClH/c1-10-3-4-13(12(15)7-10)17-14(19)9-18-6-5-11(8-18)16-2;/h3-4,7,11,16H,5-6,8-9H2,1-2H3,(H,17,19);1H. The van der Waals surface area contributed by atoms with E-state index in [2.05, 4.69) is 31.5 Å². The number of nitrogens with zero attached hydrogens (tertiary/aromatic N) is 1. The molecule has 2 N–H and O–H groups in total. The SMILES string of the molecule is CNC1CCN(CC(=O)Nc2ccc(C)cc2Br)C1.Cl. The van der Waals surface area contributed by atoms with Crippen molar-refractivity contribution in [1.29, 1.82) is 0 Å². The molecule has 1 unspecified atom stereocenters. The molecule has 4 nitrogen and oxygen atoms in total. The van der Waals surface area contributed by atoms with E-state index in [1.54, 1.807) is 0 Å². The Labute approximate surface area is 134 Å². The Morgan fingerprint density at radius 2 is 2.25 bits per heavy atom. The highest BCUT2D eigenvalue weighted by molar-refractivity contribution is 9.10. The highest BCUT2D eigenvalue weighted by Crippen LogP contribution is 2.23. The average molecular weight is 363 g/mol. The maximum Gasteiger partial charge on any atom is 0.238 e. The largest absolute Gasteiger partial charge is 0.324 e. The third-order valence-corrected chi connectivity index (χ3v) is 4.10. The van der Waals surface area contributed by atoms with Gasteiger partial charge in [0.05, 0.1) is 12.2 Å². The summed E-state index contributed by atoms with van der Waals surface area (Å²) in [6.07, 6.45) is 1.11.